The third kappa shape index (κ3) is 3.52. The Bertz CT molecular complexity index is 215. The Balaban J connectivity index is 2.34. The van der Waals surface area contributed by atoms with Gasteiger partial charge in [-0.25, -0.2) is 0 Å². The van der Waals surface area contributed by atoms with E-state index in [1.165, 1.54) is 0 Å². The molecule has 0 aliphatic heterocycles. The zero-order valence-corrected chi connectivity index (χ0v) is 8.04. The Kier molecular flexibility index (Phi) is 4.42. The van der Waals surface area contributed by atoms with Gasteiger partial charge in [0.2, 0.25) is 11.8 Å². The number of ether oxygens (including phenoxy) is 1. The van der Waals surface area contributed by atoms with Crippen molar-refractivity contribution < 1.29 is 9.15 Å². The molecule has 0 spiro atoms. The minimum Gasteiger partial charge on any atom is -0.425 e. The quantitative estimate of drug-likeness (QED) is 0.677. The summed E-state index contributed by atoms with van der Waals surface area (Å²) in [5.74, 6) is 1.33. The molecule has 0 amide bonds. The minimum absolute atomic E-state index is 0.619. The molecule has 0 radical (unpaired) electrons. The Labute approximate surface area is 77.5 Å². The van der Waals surface area contributed by atoms with Crippen LogP contribution >= 0.6 is 0 Å². The summed E-state index contributed by atoms with van der Waals surface area (Å²) in [6, 6.07) is 0. The van der Waals surface area contributed by atoms with Crippen LogP contribution in [0.3, 0.4) is 0 Å². The lowest BCUT2D eigenvalue weighted by Gasteiger charge is -1.93. The van der Waals surface area contributed by atoms with Gasteiger partial charge in [0.1, 0.15) is 0 Å². The molecule has 1 aromatic rings. The van der Waals surface area contributed by atoms with Gasteiger partial charge in [0, 0.05) is 26.5 Å². The van der Waals surface area contributed by atoms with Crippen LogP contribution in [-0.4, -0.2) is 37.5 Å². The van der Waals surface area contributed by atoms with Crippen molar-refractivity contribution in [2.45, 2.75) is 12.8 Å². The fourth-order valence-electron chi connectivity index (χ4n) is 0.912. The Hall–Kier alpha value is -0.940. The standard InChI is InChI=1S/C8H15N3O2/c1-9-5-3-7-10-11-8(13-7)4-6-12-2/h9H,3-6H2,1-2H3. The zero-order chi connectivity index (χ0) is 9.52. The van der Waals surface area contributed by atoms with Gasteiger partial charge >= 0.3 is 0 Å². The molecule has 5 nitrogen and oxygen atoms in total. The largest absolute Gasteiger partial charge is 0.425 e. The summed E-state index contributed by atoms with van der Waals surface area (Å²) in [5.41, 5.74) is 0. The van der Waals surface area contributed by atoms with Crippen LogP contribution in [0, 0.1) is 0 Å². The third-order valence-corrected chi connectivity index (χ3v) is 1.62. The third-order valence-electron chi connectivity index (χ3n) is 1.62. The van der Waals surface area contributed by atoms with Crippen molar-refractivity contribution in [1.82, 2.24) is 15.5 Å². The van der Waals surface area contributed by atoms with Crippen LogP contribution in [0.2, 0.25) is 0 Å². The van der Waals surface area contributed by atoms with Gasteiger partial charge in [-0.15, -0.1) is 10.2 Å². The summed E-state index contributed by atoms with van der Waals surface area (Å²) >= 11 is 0. The molecule has 0 bridgehead atoms. The Morgan fingerprint density at radius 3 is 2.62 bits per heavy atom. The number of methoxy groups -OCH3 is 1. The molecule has 74 valence electrons. The zero-order valence-electron chi connectivity index (χ0n) is 8.04. The summed E-state index contributed by atoms with van der Waals surface area (Å²) in [7, 11) is 3.54. The van der Waals surface area contributed by atoms with E-state index in [2.05, 4.69) is 15.5 Å². The van der Waals surface area contributed by atoms with Gasteiger partial charge < -0.3 is 14.5 Å². The van der Waals surface area contributed by atoms with Crippen molar-refractivity contribution in [3.05, 3.63) is 11.8 Å². The van der Waals surface area contributed by atoms with Gasteiger partial charge in [0.25, 0.3) is 0 Å². The molecule has 5 heteroatoms. The van der Waals surface area contributed by atoms with E-state index in [1.807, 2.05) is 7.05 Å². The lowest BCUT2D eigenvalue weighted by Crippen LogP contribution is -2.10. The number of nitrogens with one attached hydrogen (secondary N) is 1. The summed E-state index contributed by atoms with van der Waals surface area (Å²) in [4.78, 5) is 0. The van der Waals surface area contributed by atoms with Gasteiger partial charge in [0.15, 0.2) is 0 Å². The van der Waals surface area contributed by atoms with Gasteiger partial charge in [-0.3, -0.25) is 0 Å². The van der Waals surface area contributed by atoms with E-state index in [0.29, 0.717) is 24.8 Å². The lowest BCUT2D eigenvalue weighted by atomic mass is 10.4. The number of aromatic nitrogens is 2. The van der Waals surface area contributed by atoms with Crippen LogP contribution in [0.4, 0.5) is 0 Å². The fraction of sp³-hybridized carbons (Fsp3) is 0.750. The van der Waals surface area contributed by atoms with Gasteiger partial charge in [0.05, 0.1) is 6.61 Å². The number of hydrogen-bond acceptors (Lipinski definition) is 5. The first-order chi connectivity index (χ1) is 6.36. The summed E-state index contributed by atoms with van der Waals surface area (Å²) < 4.78 is 10.2. The molecule has 1 rings (SSSR count). The van der Waals surface area contributed by atoms with Crippen molar-refractivity contribution in [3.8, 4) is 0 Å². The molecule has 0 atom stereocenters. The van der Waals surface area contributed by atoms with E-state index in [4.69, 9.17) is 9.15 Å². The minimum atomic E-state index is 0.619. The highest BCUT2D eigenvalue weighted by Gasteiger charge is 2.04. The molecule has 13 heavy (non-hydrogen) atoms. The molecule has 0 fully saturated rings. The number of rotatable bonds is 6. The van der Waals surface area contributed by atoms with Crippen molar-refractivity contribution in [2.75, 3.05) is 27.3 Å². The number of nitrogens with zero attached hydrogens (tertiary/aromatic N) is 2. The Morgan fingerprint density at radius 1 is 1.31 bits per heavy atom. The molecule has 0 aliphatic rings. The second kappa shape index (κ2) is 5.66. The fourth-order valence-corrected chi connectivity index (χ4v) is 0.912. The normalized spacial score (nSPS) is 10.6. The molecule has 0 unspecified atom stereocenters. The maximum absolute atomic E-state index is 5.35. The van der Waals surface area contributed by atoms with Gasteiger partial charge in [-0.05, 0) is 7.05 Å². The highest BCUT2D eigenvalue weighted by molar-refractivity contribution is 4.82. The second-order valence-corrected chi connectivity index (χ2v) is 2.69. The van der Waals surface area contributed by atoms with Crippen molar-refractivity contribution in [2.24, 2.45) is 0 Å². The molecule has 0 saturated heterocycles. The average molecular weight is 185 g/mol. The first kappa shape index (κ1) is 10.1. The highest BCUT2D eigenvalue weighted by Crippen LogP contribution is 2.00. The highest BCUT2D eigenvalue weighted by atomic mass is 16.5. The van der Waals surface area contributed by atoms with Crippen LogP contribution in [0.5, 0.6) is 0 Å². The number of likely N-dealkylation sites (N-methyl/N-ethyl adjacent to an activating group) is 1. The van der Waals surface area contributed by atoms with Gasteiger partial charge in [-0.2, -0.15) is 0 Å². The van der Waals surface area contributed by atoms with Crippen molar-refractivity contribution in [1.29, 1.82) is 0 Å². The molecule has 1 heterocycles. The Morgan fingerprint density at radius 2 is 2.00 bits per heavy atom. The first-order valence-electron chi connectivity index (χ1n) is 4.31. The maximum Gasteiger partial charge on any atom is 0.218 e. The van der Waals surface area contributed by atoms with E-state index in [1.54, 1.807) is 7.11 Å². The SMILES string of the molecule is CNCCc1nnc(CCOC)o1. The van der Waals surface area contributed by atoms with Gasteiger partial charge in [-0.1, -0.05) is 0 Å². The maximum atomic E-state index is 5.35. The smallest absolute Gasteiger partial charge is 0.218 e. The molecule has 0 aliphatic carbocycles. The second-order valence-electron chi connectivity index (χ2n) is 2.69. The molecular formula is C8H15N3O2. The predicted octanol–water partition coefficient (Wildman–Crippen LogP) is 0.0204. The van der Waals surface area contributed by atoms with Crippen LogP contribution in [0.15, 0.2) is 4.42 Å². The van der Waals surface area contributed by atoms with Crippen LogP contribution < -0.4 is 5.32 Å². The summed E-state index contributed by atoms with van der Waals surface area (Å²) in [6.07, 6.45) is 1.46. The number of hydrogen-bond donors (Lipinski definition) is 1. The van der Waals surface area contributed by atoms with E-state index in [9.17, 15) is 0 Å². The van der Waals surface area contributed by atoms with E-state index >= 15 is 0 Å². The molecule has 0 aromatic carbocycles. The lowest BCUT2D eigenvalue weighted by molar-refractivity contribution is 0.194. The molecule has 0 saturated carbocycles. The first-order valence-corrected chi connectivity index (χ1v) is 4.31. The van der Waals surface area contributed by atoms with E-state index < -0.39 is 0 Å². The average Bonchev–Trinajstić information content (AvgIpc) is 2.59. The topological polar surface area (TPSA) is 60.2 Å². The van der Waals surface area contributed by atoms with Crippen molar-refractivity contribution in [3.63, 3.8) is 0 Å². The van der Waals surface area contributed by atoms with Crippen LogP contribution in [0.1, 0.15) is 11.8 Å². The van der Waals surface area contributed by atoms with Crippen molar-refractivity contribution >= 4 is 0 Å². The predicted molar refractivity (Wildman–Crippen MR) is 47.5 cm³/mol. The molecule has 1 aromatic heterocycles. The molecular weight excluding hydrogens is 170 g/mol. The summed E-state index contributed by atoms with van der Waals surface area (Å²) in [5, 5.41) is 10.8. The van der Waals surface area contributed by atoms with Crippen LogP contribution in [0.25, 0.3) is 0 Å². The van der Waals surface area contributed by atoms with E-state index in [0.717, 1.165) is 13.0 Å². The monoisotopic (exact) mass is 185 g/mol. The van der Waals surface area contributed by atoms with Crippen LogP contribution in [-0.2, 0) is 17.6 Å². The van der Waals surface area contributed by atoms with E-state index in [-0.39, 0.29) is 0 Å². The molecule has 1 N–H and O–H groups in total. The summed E-state index contributed by atoms with van der Waals surface area (Å²) in [6.45, 7) is 1.47.